The summed E-state index contributed by atoms with van der Waals surface area (Å²) in [7, 11) is -1.56. The van der Waals surface area contributed by atoms with Crippen molar-refractivity contribution in [3.63, 3.8) is 0 Å². The van der Waals surface area contributed by atoms with Gasteiger partial charge in [-0.3, -0.25) is 9.59 Å². The number of carbonyl (C=O) groups is 2. The smallest absolute Gasteiger partial charge is 0.303 e. The van der Waals surface area contributed by atoms with Gasteiger partial charge in [-0.2, -0.15) is 0 Å². The minimum atomic E-state index is -1.56. The van der Waals surface area contributed by atoms with Gasteiger partial charge in [0.05, 0.1) is 0 Å². The van der Waals surface area contributed by atoms with Crippen LogP contribution in [-0.2, 0) is 14.0 Å². The molecule has 32 heavy (non-hydrogen) atoms. The number of aliphatic carboxylic acids is 1. The van der Waals surface area contributed by atoms with Crippen molar-refractivity contribution in [3.8, 4) is 0 Å². The molecule has 0 bridgehead atoms. The van der Waals surface area contributed by atoms with Crippen LogP contribution in [0.15, 0.2) is 0 Å². The lowest BCUT2D eigenvalue weighted by Gasteiger charge is -2.60. The van der Waals surface area contributed by atoms with E-state index >= 15 is 0 Å². The predicted octanol–water partition coefficient (Wildman–Crippen LogP) is 6.55. The van der Waals surface area contributed by atoms with Crippen molar-refractivity contribution < 1.29 is 19.1 Å². The largest absolute Gasteiger partial charge is 0.481 e. The third-order valence-electron chi connectivity index (χ3n) is 10.5. The van der Waals surface area contributed by atoms with Gasteiger partial charge < -0.3 is 9.53 Å². The Labute approximate surface area is 196 Å². The summed E-state index contributed by atoms with van der Waals surface area (Å²) in [5.41, 5.74) is 0.488. The average Bonchev–Trinajstić information content (AvgIpc) is 3.03. The Morgan fingerprint density at radius 1 is 1.09 bits per heavy atom. The summed E-state index contributed by atoms with van der Waals surface area (Å²) in [6.45, 7) is 14.0. The highest BCUT2D eigenvalue weighted by molar-refractivity contribution is 6.69. The molecule has 0 heterocycles. The molecule has 0 aromatic carbocycles. The second-order valence-electron chi connectivity index (χ2n) is 13.4. The van der Waals surface area contributed by atoms with E-state index < -0.39 is 14.3 Å². The van der Waals surface area contributed by atoms with Crippen LogP contribution in [0.5, 0.6) is 0 Å². The Hall–Kier alpha value is -0.683. The van der Waals surface area contributed by atoms with Gasteiger partial charge in [0.25, 0.3) is 0 Å². The molecule has 0 radical (unpaired) electrons. The Morgan fingerprint density at radius 3 is 2.41 bits per heavy atom. The summed E-state index contributed by atoms with van der Waals surface area (Å²) < 4.78 is 6.50. The second-order valence-corrected chi connectivity index (χ2v) is 17.8. The third kappa shape index (κ3) is 4.26. The number of rotatable bonds is 6. The highest BCUT2D eigenvalue weighted by Gasteiger charge is 2.63. The Kier molecular flexibility index (Phi) is 6.50. The monoisotopic (exact) mass is 462 g/mol. The average molecular weight is 463 g/mol. The minimum absolute atomic E-state index is 0.204. The molecule has 1 N–H and O–H groups in total. The number of carboxylic acids is 1. The van der Waals surface area contributed by atoms with E-state index in [1.54, 1.807) is 0 Å². The van der Waals surface area contributed by atoms with Crippen molar-refractivity contribution in [1.29, 1.82) is 0 Å². The first-order valence-electron chi connectivity index (χ1n) is 13.3. The van der Waals surface area contributed by atoms with Crippen molar-refractivity contribution in [2.24, 2.45) is 46.3 Å². The quantitative estimate of drug-likeness (QED) is 0.455. The molecule has 0 aromatic rings. The number of hydrogen-bond donors (Lipinski definition) is 1. The molecule has 4 fully saturated rings. The van der Waals surface area contributed by atoms with Crippen molar-refractivity contribution in [1.82, 2.24) is 0 Å². The predicted molar refractivity (Wildman–Crippen MR) is 130 cm³/mol. The molecule has 4 aliphatic rings. The van der Waals surface area contributed by atoms with E-state index in [0.29, 0.717) is 41.5 Å². The molecule has 9 atom stereocenters. The Balaban J connectivity index is 1.51. The third-order valence-corrected chi connectivity index (χ3v) is 11.6. The van der Waals surface area contributed by atoms with Gasteiger partial charge in [-0.25, -0.2) is 0 Å². The number of fused-ring (bicyclic) bond motifs is 5. The van der Waals surface area contributed by atoms with E-state index in [0.717, 1.165) is 32.1 Å². The lowest BCUT2D eigenvalue weighted by Crippen LogP contribution is -2.57. The van der Waals surface area contributed by atoms with Crippen molar-refractivity contribution in [2.45, 2.75) is 111 Å². The number of Topliss-reactive ketones (excluding diaryl/α,β-unsaturated/α-hetero) is 1. The molecule has 4 nitrogen and oxygen atoms in total. The first-order valence-corrected chi connectivity index (χ1v) is 16.7. The first-order chi connectivity index (χ1) is 14.8. The van der Waals surface area contributed by atoms with E-state index in [1.807, 2.05) is 0 Å². The summed E-state index contributed by atoms with van der Waals surface area (Å²) in [5.74, 6) is 2.60. The second kappa shape index (κ2) is 8.52. The van der Waals surface area contributed by atoms with Crippen molar-refractivity contribution >= 4 is 20.1 Å². The summed E-state index contributed by atoms with van der Waals surface area (Å²) in [6, 6.07) is 0. The molecule has 0 aliphatic heterocycles. The number of ketones is 1. The number of carbonyl (C=O) groups excluding carboxylic acids is 1. The molecule has 4 unspecified atom stereocenters. The summed E-state index contributed by atoms with van der Waals surface area (Å²) >= 11 is 0. The topological polar surface area (TPSA) is 63.6 Å². The van der Waals surface area contributed by atoms with Gasteiger partial charge >= 0.3 is 5.97 Å². The molecule has 0 spiro atoms. The van der Waals surface area contributed by atoms with Crippen molar-refractivity contribution in [3.05, 3.63) is 0 Å². The van der Waals surface area contributed by atoms with Gasteiger partial charge in [-0.1, -0.05) is 20.8 Å². The maximum absolute atomic E-state index is 13.7. The van der Waals surface area contributed by atoms with E-state index in [2.05, 4.69) is 40.4 Å². The summed E-state index contributed by atoms with van der Waals surface area (Å²) in [4.78, 5) is 24.8. The zero-order chi connectivity index (χ0) is 23.5. The fraction of sp³-hybridized carbons (Fsp3) is 0.926. The molecule has 0 saturated heterocycles. The van der Waals surface area contributed by atoms with Crippen LogP contribution in [0.4, 0.5) is 0 Å². The lowest BCUT2D eigenvalue weighted by atomic mass is 9.44. The molecule has 4 saturated carbocycles. The van der Waals surface area contributed by atoms with Gasteiger partial charge in [-0.15, -0.1) is 0 Å². The molecular formula is C27H46O4Si. The molecule has 0 aromatic heterocycles. The standard InChI is InChI=1S/C27H46O4Si/c1-17(7-10-24(29)30)20-8-9-21-25-22(12-14-27(20,21)3)26(2)13-11-19(31-32(4,5)6)15-18(26)16-23(25)28/h17-22,25H,7-16H2,1-6H3,(H,29,30)/t17-,18+,19?,20-,21?,22?,25?,26+,27-/m1/s1. The van der Waals surface area contributed by atoms with Crippen LogP contribution < -0.4 is 0 Å². The molecule has 5 heteroatoms. The fourth-order valence-electron chi connectivity index (χ4n) is 9.03. The van der Waals surface area contributed by atoms with Crippen LogP contribution in [0.3, 0.4) is 0 Å². The number of hydrogen-bond acceptors (Lipinski definition) is 3. The highest BCUT2D eigenvalue weighted by atomic mass is 28.4. The molecule has 182 valence electrons. The van der Waals surface area contributed by atoms with Gasteiger partial charge in [0, 0.05) is 24.9 Å². The molecule has 4 rings (SSSR count). The van der Waals surface area contributed by atoms with Gasteiger partial charge in [0.1, 0.15) is 5.78 Å². The zero-order valence-corrected chi connectivity index (χ0v) is 22.3. The van der Waals surface area contributed by atoms with Gasteiger partial charge in [-0.05, 0) is 111 Å². The highest BCUT2D eigenvalue weighted by Crippen LogP contribution is 2.67. The molecule has 4 aliphatic carbocycles. The van der Waals surface area contributed by atoms with Crippen LogP contribution >= 0.6 is 0 Å². The normalized spacial score (nSPS) is 45.0. The van der Waals surface area contributed by atoms with E-state index in [1.165, 1.54) is 25.7 Å². The van der Waals surface area contributed by atoms with Crippen LogP contribution in [0, 0.1) is 46.3 Å². The van der Waals surface area contributed by atoms with Crippen molar-refractivity contribution in [2.75, 3.05) is 0 Å². The first kappa shape index (κ1) is 24.4. The fourth-order valence-corrected chi connectivity index (χ4v) is 10.2. The maximum atomic E-state index is 13.7. The SMILES string of the molecule is C[C@H](CCC(=O)O)[C@H]1CCC2C3C(=O)C[C@@H]4CC(O[Si](C)(C)C)CC[C@]4(C)C3CC[C@@]21C. The molecular weight excluding hydrogens is 416 g/mol. The summed E-state index contributed by atoms with van der Waals surface area (Å²) in [6.07, 6.45) is 10.3. The van der Waals surface area contributed by atoms with Crippen LogP contribution in [0.1, 0.15) is 85.0 Å². The van der Waals surface area contributed by atoms with E-state index in [-0.39, 0.29) is 23.2 Å². The van der Waals surface area contributed by atoms with E-state index in [4.69, 9.17) is 9.53 Å². The van der Waals surface area contributed by atoms with Crippen LogP contribution in [0.2, 0.25) is 19.6 Å². The van der Waals surface area contributed by atoms with Crippen LogP contribution in [-0.4, -0.2) is 31.3 Å². The molecule has 0 amide bonds. The maximum Gasteiger partial charge on any atom is 0.303 e. The lowest BCUT2D eigenvalue weighted by molar-refractivity contribution is -0.160. The Bertz CT molecular complexity index is 744. The van der Waals surface area contributed by atoms with Gasteiger partial charge in [0.2, 0.25) is 0 Å². The number of carboxylic acid groups (broad SMARTS) is 1. The Morgan fingerprint density at radius 2 is 1.75 bits per heavy atom. The van der Waals surface area contributed by atoms with Crippen LogP contribution in [0.25, 0.3) is 0 Å². The van der Waals surface area contributed by atoms with E-state index in [9.17, 15) is 9.59 Å². The zero-order valence-electron chi connectivity index (χ0n) is 21.3. The minimum Gasteiger partial charge on any atom is -0.481 e. The van der Waals surface area contributed by atoms with Gasteiger partial charge in [0.15, 0.2) is 8.32 Å². The summed E-state index contributed by atoms with van der Waals surface area (Å²) in [5, 5.41) is 9.16.